The molecule has 1 aliphatic heterocycles. The number of rotatable bonds is 5. The molecule has 2 rings (SSSR count). The standard InChI is InChI=1S/C20H32N2O4S/c1-7-20(5,6)15-8-10-17(11-9-15)27(24,25)22-13-12-16(14-22)21-18(23)26-19(2,3)4/h8-11,16H,7,12-14H2,1-6H3,(H,21,23). The van der Waals surface area contributed by atoms with Crippen molar-refractivity contribution in [1.29, 1.82) is 0 Å². The number of carbonyl (C=O) groups is 1. The van der Waals surface area contributed by atoms with Crippen molar-refractivity contribution in [3.05, 3.63) is 29.8 Å². The van der Waals surface area contributed by atoms with Gasteiger partial charge in [-0.15, -0.1) is 0 Å². The van der Waals surface area contributed by atoms with Crippen molar-refractivity contribution in [3.63, 3.8) is 0 Å². The summed E-state index contributed by atoms with van der Waals surface area (Å²) in [5, 5.41) is 2.76. The van der Waals surface area contributed by atoms with Gasteiger partial charge in [0.15, 0.2) is 0 Å². The van der Waals surface area contributed by atoms with Crippen LogP contribution in [0, 0.1) is 0 Å². The van der Waals surface area contributed by atoms with Gasteiger partial charge in [-0.05, 0) is 56.7 Å². The van der Waals surface area contributed by atoms with Crippen LogP contribution in [0.4, 0.5) is 4.79 Å². The molecule has 0 aliphatic carbocycles. The molecule has 1 aliphatic rings. The largest absolute Gasteiger partial charge is 0.444 e. The van der Waals surface area contributed by atoms with E-state index in [0.717, 1.165) is 12.0 Å². The van der Waals surface area contributed by atoms with Crippen molar-refractivity contribution >= 4 is 16.1 Å². The molecule has 1 aromatic rings. The van der Waals surface area contributed by atoms with Gasteiger partial charge in [0, 0.05) is 19.1 Å². The number of alkyl carbamates (subject to hydrolysis) is 1. The average molecular weight is 397 g/mol. The van der Waals surface area contributed by atoms with E-state index in [4.69, 9.17) is 4.74 Å². The molecule has 1 fully saturated rings. The van der Waals surface area contributed by atoms with Crippen LogP contribution in [0.2, 0.25) is 0 Å². The molecule has 7 heteroatoms. The summed E-state index contributed by atoms with van der Waals surface area (Å²) in [5.74, 6) is 0. The summed E-state index contributed by atoms with van der Waals surface area (Å²) in [6, 6.07) is 6.90. The van der Waals surface area contributed by atoms with Crippen LogP contribution in [0.25, 0.3) is 0 Å². The number of hydrogen-bond donors (Lipinski definition) is 1. The number of hydrogen-bond acceptors (Lipinski definition) is 4. The van der Waals surface area contributed by atoms with Gasteiger partial charge in [-0.25, -0.2) is 13.2 Å². The van der Waals surface area contributed by atoms with Crippen LogP contribution in [0.5, 0.6) is 0 Å². The molecule has 152 valence electrons. The predicted molar refractivity (Wildman–Crippen MR) is 106 cm³/mol. The molecule has 0 aromatic heterocycles. The van der Waals surface area contributed by atoms with E-state index >= 15 is 0 Å². The molecular formula is C20H32N2O4S. The highest BCUT2D eigenvalue weighted by Crippen LogP contribution is 2.29. The Kier molecular flexibility index (Phi) is 6.26. The van der Waals surface area contributed by atoms with Crippen molar-refractivity contribution in [2.75, 3.05) is 13.1 Å². The maximum atomic E-state index is 12.9. The molecule has 1 saturated heterocycles. The van der Waals surface area contributed by atoms with E-state index in [1.165, 1.54) is 4.31 Å². The Morgan fingerprint density at radius 3 is 2.30 bits per heavy atom. The van der Waals surface area contributed by atoms with Gasteiger partial charge in [0.1, 0.15) is 5.60 Å². The van der Waals surface area contributed by atoms with Gasteiger partial charge < -0.3 is 10.1 Å². The lowest BCUT2D eigenvalue weighted by molar-refractivity contribution is 0.0507. The van der Waals surface area contributed by atoms with Crippen molar-refractivity contribution in [3.8, 4) is 0 Å². The average Bonchev–Trinajstić information content (AvgIpc) is 3.02. The fraction of sp³-hybridized carbons (Fsp3) is 0.650. The number of ether oxygens (including phenoxy) is 1. The van der Waals surface area contributed by atoms with E-state index in [-0.39, 0.29) is 22.9 Å². The first-order chi connectivity index (χ1) is 12.3. The summed E-state index contributed by atoms with van der Waals surface area (Å²) in [5.41, 5.74) is 0.552. The summed E-state index contributed by atoms with van der Waals surface area (Å²) in [4.78, 5) is 12.2. The SMILES string of the molecule is CCC(C)(C)c1ccc(S(=O)(=O)N2CCC(NC(=O)OC(C)(C)C)C2)cc1. The Hall–Kier alpha value is -1.60. The number of nitrogens with one attached hydrogen (secondary N) is 1. The number of benzene rings is 1. The maximum Gasteiger partial charge on any atom is 0.407 e. The third kappa shape index (κ3) is 5.45. The third-order valence-electron chi connectivity index (χ3n) is 5.03. The second-order valence-corrected chi connectivity index (χ2v) is 10.7. The third-order valence-corrected chi connectivity index (χ3v) is 6.91. The minimum Gasteiger partial charge on any atom is -0.444 e. The highest BCUT2D eigenvalue weighted by atomic mass is 32.2. The lowest BCUT2D eigenvalue weighted by atomic mass is 9.82. The zero-order chi connectivity index (χ0) is 20.5. The van der Waals surface area contributed by atoms with E-state index in [9.17, 15) is 13.2 Å². The topological polar surface area (TPSA) is 75.7 Å². The molecule has 0 spiro atoms. The Morgan fingerprint density at radius 2 is 1.78 bits per heavy atom. The van der Waals surface area contributed by atoms with Crippen LogP contribution >= 0.6 is 0 Å². The fourth-order valence-electron chi connectivity index (χ4n) is 2.97. The second kappa shape index (κ2) is 7.80. The van der Waals surface area contributed by atoms with E-state index in [2.05, 4.69) is 26.1 Å². The first-order valence-corrected chi connectivity index (χ1v) is 10.9. The summed E-state index contributed by atoms with van der Waals surface area (Å²) >= 11 is 0. The molecule has 0 saturated carbocycles. The molecule has 1 unspecified atom stereocenters. The predicted octanol–water partition coefficient (Wildman–Crippen LogP) is 3.66. The minimum atomic E-state index is -3.57. The molecule has 6 nitrogen and oxygen atoms in total. The molecule has 1 amide bonds. The Bertz CT molecular complexity index is 764. The zero-order valence-corrected chi connectivity index (χ0v) is 18.0. The molecule has 1 N–H and O–H groups in total. The second-order valence-electron chi connectivity index (χ2n) is 8.76. The number of amides is 1. The van der Waals surface area contributed by atoms with Crippen molar-refractivity contribution in [2.24, 2.45) is 0 Å². The normalized spacial score (nSPS) is 19.1. The van der Waals surface area contributed by atoms with Gasteiger partial charge in [-0.3, -0.25) is 0 Å². The van der Waals surface area contributed by atoms with Gasteiger partial charge in [0.2, 0.25) is 10.0 Å². The number of nitrogens with zero attached hydrogens (tertiary/aromatic N) is 1. The minimum absolute atomic E-state index is 0.0123. The van der Waals surface area contributed by atoms with Crippen molar-refractivity contribution in [2.45, 2.75) is 76.3 Å². The van der Waals surface area contributed by atoms with Gasteiger partial charge >= 0.3 is 6.09 Å². The van der Waals surface area contributed by atoms with Crippen LogP contribution < -0.4 is 5.32 Å². The van der Waals surface area contributed by atoms with Gasteiger partial charge in [-0.1, -0.05) is 32.9 Å². The summed E-state index contributed by atoms with van der Waals surface area (Å²) in [6.07, 6.45) is 1.03. The van der Waals surface area contributed by atoms with Gasteiger partial charge in [0.05, 0.1) is 4.90 Å². The van der Waals surface area contributed by atoms with Crippen molar-refractivity contribution < 1.29 is 17.9 Å². The highest BCUT2D eigenvalue weighted by Gasteiger charge is 2.34. The number of carbonyl (C=O) groups excluding carboxylic acids is 1. The van der Waals surface area contributed by atoms with Gasteiger partial charge in [-0.2, -0.15) is 4.31 Å². The Balaban J connectivity index is 2.05. The first-order valence-electron chi connectivity index (χ1n) is 9.45. The molecule has 1 atom stereocenters. The van der Waals surface area contributed by atoms with E-state index in [1.54, 1.807) is 32.9 Å². The Labute approximate surface area is 163 Å². The summed E-state index contributed by atoms with van der Waals surface area (Å²) in [7, 11) is -3.57. The van der Waals surface area contributed by atoms with Crippen molar-refractivity contribution in [1.82, 2.24) is 9.62 Å². The van der Waals surface area contributed by atoms with Crippen LogP contribution in [0.3, 0.4) is 0 Å². The Morgan fingerprint density at radius 1 is 1.19 bits per heavy atom. The monoisotopic (exact) mass is 396 g/mol. The first kappa shape index (κ1) is 21.7. The van der Waals surface area contributed by atoms with E-state index in [0.29, 0.717) is 13.0 Å². The molecule has 0 bridgehead atoms. The summed E-state index contributed by atoms with van der Waals surface area (Å²) in [6.45, 7) is 12.4. The van der Waals surface area contributed by atoms with Crippen LogP contribution in [-0.4, -0.2) is 43.5 Å². The number of sulfonamides is 1. The molecule has 27 heavy (non-hydrogen) atoms. The highest BCUT2D eigenvalue weighted by molar-refractivity contribution is 7.89. The van der Waals surface area contributed by atoms with E-state index in [1.807, 2.05) is 12.1 Å². The maximum absolute atomic E-state index is 12.9. The van der Waals surface area contributed by atoms with Gasteiger partial charge in [0.25, 0.3) is 0 Å². The molecule has 1 aromatic carbocycles. The molecule has 0 radical (unpaired) electrons. The fourth-order valence-corrected chi connectivity index (χ4v) is 4.47. The lowest BCUT2D eigenvalue weighted by Crippen LogP contribution is -2.41. The summed E-state index contributed by atoms with van der Waals surface area (Å²) < 4.78 is 32.5. The molecule has 1 heterocycles. The lowest BCUT2D eigenvalue weighted by Gasteiger charge is -2.24. The smallest absolute Gasteiger partial charge is 0.407 e. The molecular weight excluding hydrogens is 364 g/mol. The van der Waals surface area contributed by atoms with Crippen LogP contribution in [0.15, 0.2) is 29.2 Å². The zero-order valence-electron chi connectivity index (χ0n) is 17.2. The van der Waals surface area contributed by atoms with Crippen LogP contribution in [0.1, 0.15) is 59.9 Å². The van der Waals surface area contributed by atoms with Crippen LogP contribution in [-0.2, 0) is 20.2 Å². The van der Waals surface area contributed by atoms with E-state index < -0.39 is 21.7 Å². The quantitative estimate of drug-likeness (QED) is 0.824.